The second-order valence-electron chi connectivity index (χ2n) is 5.18. The van der Waals surface area contributed by atoms with Crippen molar-refractivity contribution >= 4 is 51.7 Å². The van der Waals surface area contributed by atoms with E-state index in [1.165, 1.54) is 11.5 Å². The van der Waals surface area contributed by atoms with Crippen molar-refractivity contribution in [3.8, 4) is 0 Å². The molecule has 0 bridgehead atoms. The summed E-state index contributed by atoms with van der Waals surface area (Å²) >= 11 is 11.7. The molecule has 22 heavy (non-hydrogen) atoms. The maximum Gasteiger partial charge on any atom is 0.235 e. The van der Waals surface area contributed by atoms with Gasteiger partial charge in [-0.15, -0.1) is 11.6 Å². The van der Waals surface area contributed by atoms with Crippen molar-refractivity contribution in [3.05, 3.63) is 34.5 Å². The van der Waals surface area contributed by atoms with E-state index in [1.807, 2.05) is 0 Å². The predicted molar refractivity (Wildman–Crippen MR) is 83.9 cm³/mol. The highest BCUT2D eigenvalue weighted by Gasteiger charge is 2.32. The van der Waals surface area contributed by atoms with Gasteiger partial charge in [0.2, 0.25) is 11.8 Å². The molecule has 1 heterocycles. The molecule has 1 aromatic heterocycles. The lowest BCUT2D eigenvalue weighted by Crippen LogP contribution is -2.44. The predicted octanol–water partition coefficient (Wildman–Crippen LogP) is 2.42. The number of hydrogen-bond donors (Lipinski definition) is 1. The number of nitrogens with one attached hydrogen (secondary N) is 1. The van der Waals surface area contributed by atoms with Gasteiger partial charge in [0, 0.05) is 30.5 Å². The van der Waals surface area contributed by atoms with Crippen molar-refractivity contribution in [2.24, 2.45) is 0 Å². The summed E-state index contributed by atoms with van der Waals surface area (Å²) in [7, 11) is 0. The molecular formula is C15H12Cl2N2O3. The fourth-order valence-electron chi connectivity index (χ4n) is 2.87. The number of nitrogens with zero attached hydrogens (tertiary/aromatic N) is 1. The molecule has 0 fully saturated rings. The summed E-state index contributed by atoms with van der Waals surface area (Å²) in [6, 6.07) is 2.54. The summed E-state index contributed by atoms with van der Waals surface area (Å²) in [5, 5.41) is 3.71. The number of alkyl halides is 1. The van der Waals surface area contributed by atoms with E-state index in [0.717, 1.165) is 5.56 Å². The topological polar surface area (TPSA) is 68.2 Å². The van der Waals surface area contributed by atoms with Crippen molar-refractivity contribution in [1.82, 2.24) is 9.88 Å². The number of halogens is 2. The molecule has 1 unspecified atom stereocenters. The molecule has 1 amide bonds. The normalized spacial score (nSPS) is 16.9. The lowest BCUT2D eigenvalue weighted by atomic mass is 9.88. The zero-order chi connectivity index (χ0) is 16.0. The van der Waals surface area contributed by atoms with Crippen LogP contribution in [-0.4, -0.2) is 34.1 Å². The number of ketones is 1. The van der Waals surface area contributed by atoms with Crippen LogP contribution in [0.4, 0.5) is 0 Å². The molecule has 1 atom stereocenters. The Kier molecular flexibility index (Phi) is 3.70. The van der Waals surface area contributed by atoms with Crippen LogP contribution in [0.1, 0.15) is 27.6 Å². The number of carbonyl (C=O) groups is 3. The fourth-order valence-corrected chi connectivity index (χ4v) is 3.20. The third-order valence-electron chi connectivity index (χ3n) is 3.78. The minimum absolute atomic E-state index is 0.189. The average Bonchev–Trinajstić information content (AvgIpc) is 2.87. The van der Waals surface area contributed by atoms with Crippen LogP contribution >= 0.6 is 23.2 Å². The number of rotatable bonds is 2. The SMILES string of the molecule is CC(=O)n1cc2c3c(ccc(Cl)c31)C(=O)C(NC(=O)CCl)C2. The first-order valence-corrected chi connectivity index (χ1v) is 7.58. The lowest BCUT2D eigenvalue weighted by Gasteiger charge is -2.22. The molecule has 7 heteroatoms. The molecule has 0 radical (unpaired) electrons. The molecule has 0 spiro atoms. The number of amides is 1. The molecule has 3 rings (SSSR count). The van der Waals surface area contributed by atoms with Crippen molar-refractivity contribution in [3.63, 3.8) is 0 Å². The molecule has 0 aliphatic heterocycles. The number of benzene rings is 1. The summed E-state index contributed by atoms with van der Waals surface area (Å²) in [5.41, 5.74) is 1.81. The van der Waals surface area contributed by atoms with E-state index in [1.54, 1.807) is 18.3 Å². The van der Waals surface area contributed by atoms with Crippen LogP contribution < -0.4 is 5.32 Å². The van der Waals surface area contributed by atoms with Gasteiger partial charge in [-0.2, -0.15) is 0 Å². The van der Waals surface area contributed by atoms with Crippen LogP contribution in [0.15, 0.2) is 18.3 Å². The second-order valence-corrected chi connectivity index (χ2v) is 5.86. The van der Waals surface area contributed by atoms with Crippen molar-refractivity contribution in [2.75, 3.05) is 5.88 Å². The van der Waals surface area contributed by atoms with Crippen LogP contribution in [0.3, 0.4) is 0 Å². The largest absolute Gasteiger partial charge is 0.345 e. The van der Waals surface area contributed by atoms with Gasteiger partial charge in [0.15, 0.2) is 5.78 Å². The smallest absolute Gasteiger partial charge is 0.235 e. The third kappa shape index (κ3) is 2.21. The van der Waals surface area contributed by atoms with E-state index in [-0.39, 0.29) is 17.6 Å². The Morgan fingerprint density at radius 1 is 1.41 bits per heavy atom. The maximum atomic E-state index is 12.5. The van der Waals surface area contributed by atoms with E-state index >= 15 is 0 Å². The zero-order valence-electron chi connectivity index (χ0n) is 11.7. The minimum Gasteiger partial charge on any atom is -0.345 e. The third-order valence-corrected chi connectivity index (χ3v) is 4.33. The summed E-state index contributed by atoms with van der Waals surface area (Å²) in [4.78, 5) is 35.8. The van der Waals surface area contributed by atoms with Crippen LogP contribution in [0.5, 0.6) is 0 Å². The molecule has 0 saturated heterocycles. The van der Waals surface area contributed by atoms with Gasteiger partial charge in [-0.05, 0) is 17.7 Å². The van der Waals surface area contributed by atoms with Gasteiger partial charge in [0.05, 0.1) is 16.6 Å². The first-order valence-electron chi connectivity index (χ1n) is 6.67. The van der Waals surface area contributed by atoms with E-state index in [0.29, 0.717) is 27.9 Å². The monoisotopic (exact) mass is 338 g/mol. The maximum absolute atomic E-state index is 12.5. The van der Waals surface area contributed by atoms with E-state index < -0.39 is 11.9 Å². The molecule has 5 nitrogen and oxygen atoms in total. The Morgan fingerprint density at radius 3 is 2.77 bits per heavy atom. The summed E-state index contributed by atoms with van der Waals surface area (Å²) < 4.78 is 1.44. The molecule has 114 valence electrons. The van der Waals surface area contributed by atoms with Gasteiger partial charge < -0.3 is 5.32 Å². The Bertz CT molecular complexity index is 826. The standard InChI is InChI=1S/C15H12Cl2N2O3/c1-7(20)19-6-8-4-11(18-12(21)5-16)15(22)9-2-3-10(17)14(19)13(8)9/h2-3,6,11H,4-5H2,1H3,(H,18,21). The molecule has 0 saturated carbocycles. The quantitative estimate of drug-likeness (QED) is 0.855. The fraction of sp³-hybridized carbons (Fsp3) is 0.267. The van der Waals surface area contributed by atoms with Gasteiger partial charge in [0.25, 0.3) is 0 Å². The second kappa shape index (κ2) is 5.41. The van der Waals surface area contributed by atoms with Crippen molar-refractivity contribution in [1.29, 1.82) is 0 Å². The Hall–Kier alpha value is -1.85. The summed E-state index contributed by atoms with van der Waals surface area (Å²) in [6.07, 6.45) is 1.99. The molecule has 1 N–H and O–H groups in total. The average molecular weight is 339 g/mol. The number of hydrogen-bond acceptors (Lipinski definition) is 3. The van der Waals surface area contributed by atoms with Crippen molar-refractivity contribution in [2.45, 2.75) is 19.4 Å². The Labute approximate surface area is 136 Å². The van der Waals surface area contributed by atoms with Gasteiger partial charge in [-0.25, -0.2) is 0 Å². The highest BCUT2D eigenvalue weighted by molar-refractivity contribution is 6.36. The number of Topliss-reactive ketones (excluding diaryl/α,β-unsaturated/α-hetero) is 1. The highest BCUT2D eigenvalue weighted by Crippen LogP contribution is 2.35. The zero-order valence-corrected chi connectivity index (χ0v) is 13.2. The van der Waals surface area contributed by atoms with Gasteiger partial charge in [-0.3, -0.25) is 19.0 Å². The number of aromatic nitrogens is 1. The first-order chi connectivity index (χ1) is 10.4. The van der Waals surface area contributed by atoms with Crippen LogP contribution in [0.25, 0.3) is 10.9 Å². The van der Waals surface area contributed by atoms with Gasteiger partial charge >= 0.3 is 0 Å². The molecule has 1 aliphatic carbocycles. The minimum atomic E-state index is -0.675. The van der Waals surface area contributed by atoms with Crippen LogP contribution in [0.2, 0.25) is 5.02 Å². The van der Waals surface area contributed by atoms with Crippen LogP contribution in [0, 0.1) is 0 Å². The molecule has 2 aromatic rings. The van der Waals surface area contributed by atoms with Gasteiger partial charge in [-0.1, -0.05) is 11.6 Å². The highest BCUT2D eigenvalue weighted by atomic mass is 35.5. The number of carbonyl (C=O) groups excluding carboxylic acids is 3. The summed E-state index contributed by atoms with van der Waals surface area (Å²) in [5.74, 6) is -0.999. The Morgan fingerprint density at radius 2 is 2.14 bits per heavy atom. The van der Waals surface area contributed by atoms with Crippen LogP contribution in [-0.2, 0) is 11.2 Å². The molecule has 1 aromatic carbocycles. The van der Waals surface area contributed by atoms with E-state index in [4.69, 9.17) is 23.2 Å². The van der Waals surface area contributed by atoms with E-state index in [2.05, 4.69) is 5.32 Å². The van der Waals surface area contributed by atoms with Crippen molar-refractivity contribution < 1.29 is 14.4 Å². The summed E-state index contributed by atoms with van der Waals surface area (Å²) in [6.45, 7) is 1.43. The Balaban J connectivity index is 2.18. The molecular weight excluding hydrogens is 327 g/mol. The van der Waals surface area contributed by atoms with E-state index in [9.17, 15) is 14.4 Å². The lowest BCUT2D eigenvalue weighted by molar-refractivity contribution is -0.119. The molecule has 1 aliphatic rings. The first kappa shape index (κ1) is 15.1. The van der Waals surface area contributed by atoms with Gasteiger partial charge in [0.1, 0.15) is 5.88 Å².